The molecule has 6 unspecified atom stereocenters. The van der Waals surface area contributed by atoms with E-state index in [-0.39, 0.29) is 118 Å². The molecule has 7 aliphatic heterocycles. The van der Waals surface area contributed by atoms with Crippen LogP contribution in [0.4, 0.5) is 23.3 Å². The number of nitrogens with one attached hydrogen (secondary N) is 3. The van der Waals surface area contributed by atoms with E-state index in [4.69, 9.17) is 186 Å². The summed E-state index contributed by atoms with van der Waals surface area (Å²) in [5, 5.41) is 0. The lowest BCUT2D eigenvalue weighted by Crippen LogP contribution is -2.33. The van der Waals surface area contributed by atoms with Crippen molar-refractivity contribution < 1.29 is 131 Å². The van der Waals surface area contributed by atoms with Gasteiger partial charge in [0.05, 0.1) is 101 Å². The number of nitrogen functional groups attached to an aromatic ring is 4. The second-order valence-corrected chi connectivity index (χ2v) is 52.9. The van der Waals surface area contributed by atoms with Crippen molar-refractivity contribution in [3.63, 3.8) is 0 Å². The molecule has 778 valence electrons. The third-order valence-corrected chi connectivity index (χ3v) is 34.0. The minimum atomic E-state index is -4.74. The van der Waals surface area contributed by atoms with Crippen LogP contribution in [-0.4, -0.2) is 256 Å². The van der Waals surface area contributed by atoms with Gasteiger partial charge in [-0.3, -0.25) is 70.4 Å². The lowest BCUT2D eigenvalue weighted by molar-refractivity contribution is -0.0566. The molecule has 17 heterocycles. The van der Waals surface area contributed by atoms with Gasteiger partial charge in [0.15, 0.2) is 34.4 Å². The summed E-state index contributed by atoms with van der Waals surface area (Å²) in [6.45, 7) is -29.0. The summed E-state index contributed by atoms with van der Waals surface area (Å²) in [5.41, 5.74) is 20.8. The van der Waals surface area contributed by atoms with E-state index in [1.807, 2.05) is 0 Å². The molecule has 0 aromatic carbocycles. The topological polar surface area (TPSA) is 778 Å². The number of hydrogen-bond donors (Lipinski definition) is 15. The number of fused-ring (bicyclic) bond motifs is 3. The number of imidazole rings is 3. The summed E-state index contributed by atoms with van der Waals surface area (Å²) in [4.78, 5) is 219. The zero-order chi connectivity index (χ0) is 102. The van der Waals surface area contributed by atoms with Gasteiger partial charge in [-0.15, -0.1) is 0 Å². The van der Waals surface area contributed by atoms with Crippen LogP contribution >= 0.6 is 59.4 Å². The molecule has 73 heteroatoms. The first-order chi connectivity index (χ1) is 67.3. The number of aromatic amines is 3. The number of nitrogens with two attached hydrogens (primary N) is 4. The zero-order valence-corrected chi connectivity index (χ0v) is 86.6. The second-order valence-electron chi connectivity index (χ2n) is 33.5. The SMILES string of the molecule is Cc1cn([C@H]2C[C@@H](OP(=O)(S)OC[C@H]3O[C@@H](n4cnc5c(N)ncnc54)C[C@H]3OP(O)(=S)OC[C@H]3O[C@@H](n4cnc5c(N)ncnc54)C[C@H]3OP(O)(=S)OC[C@H]3O[C@@H](n4cc(C)c(=O)[nH]c4=O)C[C@H]3OP(O)(=S)OC[C@H]3O[C@@H](n4cnc5c(N)ncnc54)C[C@H]3OP(O)(=S)OC[C@H]3O[C@@H](n4cc(C)c(=O)[nH]c4=O)C[C@H]3OP(O)(O)=S)[C@@H](COP(O)(=S)O[C@@H]3C[C@H](n4cc(C)c(=O)[nH]c4=O)O[C@@H]3C)O2)c(=O)nc1N. The number of aryl methyl sites for hydroxylation is 4. The standard InChI is InChI=1S/C70H91N24O35P7S7/c1-29-13-88(67(98)84-57(29)71)49-8-36(42(118-49)18-110-131(104,138)124-34-6-47(116-33(34)5)89-14-30(2)64(95)85-68(89)99)125-133(106,140)113-21-45-40(12-53(121-45)94-28-83-56-60(74)77-25-80-63(56)94)129-136(109,143)115-22-46-39(11-52(122-46)93-27-82-55-59(73)76-24-79-62(55)93)128-135(108,142)112-19-43-37(9-50(119-43)91-16-32(4)66(97)87-70(91)101)126-134(107,141)114-20-44-38(10-51(120-44)92-26-81-54-58(72)75-23-78-61(54)92)127-132(105,139)111-17-41-35(123-130(102,103)137)7-48(117-41)90-15-31(3)65(96)86-69(90)100/h13-16,23-28,33-53H,6-12,17-22H2,1-5H3,(H,104,138)(H,105,139)(H,106,140)(H,107,141)(H,108,142)(H,109,143)(H2,71,84,98)(H2,72,75,78)(H2,73,76,79)(H2,74,77,80)(H,85,95,99)(H,86,96,100)(H,87,97,101)(H2,102,103,137)/t33-,34-,35-,36-,37-,38-,39-,40-,41-,42-,43-,44-,45-,46-,47-,48-,49-,50-,51-,52-,53-,131?,132?,133?,134?,135?,136?/m1/s1. The molecule has 27 atom stereocenters. The van der Waals surface area contributed by atoms with Crippen LogP contribution in [0.3, 0.4) is 0 Å². The van der Waals surface area contributed by atoms with Crippen LogP contribution in [-0.2, 0) is 167 Å². The highest BCUT2D eigenvalue weighted by Crippen LogP contribution is 2.60. The van der Waals surface area contributed by atoms with Crippen LogP contribution in [0.5, 0.6) is 0 Å². The van der Waals surface area contributed by atoms with Crippen molar-refractivity contribution in [3.05, 3.63) is 158 Å². The number of anilines is 4. The Morgan fingerprint density at radius 3 is 0.930 bits per heavy atom. The molecule has 10 aromatic rings. The summed E-state index contributed by atoms with van der Waals surface area (Å²) in [7, 11) is 0. The van der Waals surface area contributed by atoms with E-state index >= 15 is 0 Å². The smallest absolute Gasteiger partial charge is 0.383 e. The van der Waals surface area contributed by atoms with Crippen molar-refractivity contribution in [3.8, 4) is 0 Å². The third kappa shape index (κ3) is 25.1. The molecule has 143 heavy (non-hydrogen) atoms. The van der Waals surface area contributed by atoms with E-state index in [9.17, 15) is 72.4 Å². The maximum atomic E-state index is 14.9. The number of thiol groups is 1. The Hall–Kier alpha value is -6.83. The number of aromatic nitrogens is 20. The van der Waals surface area contributed by atoms with Gasteiger partial charge in [0.25, 0.3) is 16.7 Å². The third-order valence-electron chi connectivity index (χ3n) is 23.7. The summed E-state index contributed by atoms with van der Waals surface area (Å²) >= 11 is 37.3. The highest BCUT2D eigenvalue weighted by molar-refractivity contribution is 8.44. The molecule has 18 N–H and O–H groups in total. The predicted octanol–water partition coefficient (Wildman–Crippen LogP) is 1.14. The van der Waals surface area contributed by atoms with Gasteiger partial charge >= 0.3 is 69.9 Å². The van der Waals surface area contributed by atoms with Crippen molar-refractivity contribution in [1.82, 2.24) is 96.8 Å². The van der Waals surface area contributed by atoms with Crippen molar-refractivity contribution in [2.24, 2.45) is 0 Å². The molecule has 0 aliphatic carbocycles. The fourth-order valence-corrected chi connectivity index (χ4v) is 26.5. The molecule has 0 saturated carbocycles. The average molecular weight is 2270 g/mol. The molecule has 0 amide bonds. The molecule has 10 aromatic heterocycles. The minimum absolute atomic E-state index is 0.00150. The molecule has 0 bridgehead atoms. The monoisotopic (exact) mass is 2270 g/mol. The normalized spacial score (nSPS) is 29.5. The largest absolute Gasteiger partial charge is 0.386 e. The number of nitrogens with zero attached hydrogens (tertiary/aromatic N) is 17. The number of ether oxygens (including phenoxy) is 7. The molecular formula is C70H91N24O35P7S7. The Morgan fingerprint density at radius 1 is 0.357 bits per heavy atom. The Kier molecular flexibility index (Phi) is 32.2. The Balaban J connectivity index is 0.583. The number of rotatable bonds is 39. The molecule has 0 radical (unpaired) electrons. The molecule has 0 spiro atoms. The van der Waals surface area contributed by atoms with Gasteiger partial charge in [0.2, 0.25) is 0 Å². The van der Waals surface area contributed by atoms with E-state index in [1.165, 1.54) is 97.2 Å². The molecular weight excluding hydrogens is 2180 g/mol. The second kappa shape index (κ2) is 42.9. The van der Waals surface area contributed by atoms with Crippen LogP contribution < -0.4 is 62.4 Å². The van der Waals surface area contributed by atoms with Crippen LogP contribution in [0.2, 0.25) is 0 Å². The van der Waals surface area contributed by atoms with Crippen molar-refractivity contribution in [1.29, 1.82) is 0 Å². The van der Waals surface area contributed by atoms with Gasteiger partial charge < -0.3 is 140 Å². The molecule has 7 fully saturated rings. The van der Waals surface area contributed by atoms with Gasteiger partial charge in [0, 0.05) is 92.0 Å². The van der Waals surface area contributed by atoms with Gasteiger partial charge in [0.1, 0.15) is 128 Å². The van der Waals surface area contributed by atoms with Crippen molar-refractivity contribution in [2.45, 2.75) is 209 Å². The first-order valence-corrected chi connectivity index (χ1v) is 61.0. The predicted molar refractivity (Wildman–Crippen MR) is 518 cm³/mol. The van der Waals surface area contributed by atoms with Gasteiger partial charge in [-0.05, 0) is 105 Å². The molecule has 7 aliphatic rings. The Morgan fingerprint density at radius 2 is 0.615 bits per heavy atom. The maximum Gasteiger partial charge on any atom is 0.386 e. The lowest BCUT2D eigenvalue weighted by Gasteiger charge is -2.28. The summed E-state index contributed by atoms with van der Waals surface area (Å²) in [6.07, 6.45) is -15.7. The average Bonchev–Trinajstić information content (AvgIpc) is 1.66. The minimum Gasteiger partial charge on any atom is -0.383 e. The first kappa shape index (κ1) is 107. The fraction of sp³-hybridized carbons (Fsp3) is 0.557. The van der Waals surface area contributed by atoms with Gasteiger partial charge in [-0.1, -0.05) is 12.2 Å². The fourth-order valence-electron chi connectivity index (χ4n) is 16.7. The molecule has 17 rings (SSSR count). The Labute approximate surface area is 838 Å². The maximum absolute atomic E-state index is 14.9. The highest BCUT2D eigenvalue weighted by atomic mass is 32.7. The van der Waals surface area contributed by atoms with E-state index in [1.54, 1.807) is 13.8 Å². The van der Waals surface area contributed by atoms with E-state index in [2.05, 4.69) is 77.0 Å². The zero-order valence-electron chi connectivity index (χ0n) is 74.6. The Bertz CT molecular complexity index is 7350. The highest BCUT2D eigenvalue weighted by Gasteiger charge is 2.52. The lowest BCUT2D eigenvalue weighted by atomic mass is 10.2. The van der Waals surface area contributed by atoms with Crippen LogP contribution in [0.15, 0.2) is 96.3 Å². The van der Waals surface area contributed by atoms with Crippen LogP contribution in [0.1, 0.15) is 118 Å². The summed E-state index contributed by atoms with van der Waals surface area (Å²) in [5.74, 6) is -0.0942. The quantitative estimate of drug-likeness (QED) is 0.0190. The van der Waals surface area contributed by atoms with Crippen LogP contribution in [0, 0.1) is 27.7 Å². The summed E-state index contributed by atoms with van der Waals surface area (Å²) < 4.78 is 146. The van der Waals surface area contributed by atoms with E-state index < -0.39 is 255 Å². The van der Waals surface area contributed by atoms with E-state index in [0.717, 1.165) is 18.3 Å². The summed E-state index contributed by atoms with van der Waals surface area (Å²) in [6, 6.07) is 0. The van der Waals surface area contributed by atoms with E-state index in [0.29, 0.717) is 5.56 Å². The van der Waals surface area contributed by atoms with Crippen LogP contribution in [0.25, 0.3) is 33.5 Å². The molecule has 7 saturated heterocycles. The first-order valence-electron chi connectivity index (χ1n) is 42.7. The van der Waals surface area contributed by atoms with Gasteiger partial charge in [-0.2, -0.15) is 4.98 Å². The number of hydrogen-bond acceptors (Lipinski definition) is 48. The van der Waals surface area contributed by atoms with Crippen molar-refractivity contribution >= 4 is 187 Å². The van der Waals surface area contributed by atoms with Gasteiger partial charge in [-0.25, -0.2) is 68.6 Å². The molecule has 59 nitrogen and oxygen atoms in total. The number of H-pyrrole nitrogens is 3. The van der Waals surface area contributed by atoms with Crippen molar-refractivity contribution in [2.75, 3.05) is 62.6 Å².